The average molecular weight is 597 g/mol. The Morgan fingerprint density at radius 1 is 0.814 bits per heavy atom. The zero-order chi connectivity index (χ0) is 31.0. The first-order chi connectivity index (χ1) is 20.3. The van der Waals surface area contributed by atoms with Crippen molar-refractivity contribution < 1.29 is 32.2 Å². The number of carbonyl (C=O) groups excluding carboxylic acids is 2. The van der Waals surface area contributed by atoms with Crippen molar-refractivity contribution in [2.75, 3.05) is 33.3 Å². The van der Waals surface area contributed by atoms with Crippen LogP contribution in [0.15, 0.2) is 72.8 Å². The Labute approximate surface area is 250 Å². The molecule has 0 saturated carbocycles. The summed E-state index contributed by atoms with van der Waals surface area (Å²) in [7, 11) is 0.955. The number of benzene rings is 3. The van der Waals surface area contributed by atoms with Gasteiger partial charge in [-0.1, -0.05) is 72.8 Å². The number of amides is 2. The second-order valence-electron chi connectivity index (χ2n) is 12.7. The highest BCUT2D eigenvalue weighted by atomic mass is 19.4. The summed E-state index contributed by atoms with van der Waals surface area (Å²) in [5.41, 5.74) is -3.20. The Morgan fingerprint density at radius 2 is 1.40 bits per heavy atom. The second kappa shape index (κ2) is 11.5. The number of piperidine rings is 2. The summed E-state index contributed by atoms with van der Waals surface area (Å²) in [6, 6.07) is 21.2. The van der Waals surface area contributed by atoms with Crippen molar-refractivity contribution in [1.29, 1.82) is 0 Å². The number of alkyl halides is 3. The zero-order valence-corrected chi connectivity index (χ0v) is 25.1. The van der Waals surface area contributed by atoms with Gasteiger partial charge in [0, 0.05) is 44.8 Å². The Kier molecular flexibility index (Phi) is 8.24. The van der Waals surface area contributed by atoms with E-state index >= 15 is 13.2 Å². The van der Waals surface area contributed by atoms with Gasteiger partial charge in [0.05, 0.1) is 0 Å². The molecule has 3 aromatic carbocycles. The van der Waals surface area contributed by atoms with Crippen LogP contribution in [0.3, 0.4) is 0 Å². The molecule has 2 atom stereocenters. The molecular formula is C34H39F3N2O4. The first kappa shape index (κ1) is 30.9. The molecule has 43 heavy (non-hydrogen) atoms. The SMILES string of the molecule is COC(C(=O)N1CCC2(CCN(C(=O)OC(C)(C)C)CC2c2ccccc2)CC1)(c1cccc2ccccc12)C(F)(F)F. The third kappa shape index (κ3) is 5.71. The van der Waals surface area contributed by atoms with E-state index in [1.54, 1.807) is 35.2 Å². The summed E-state index contributed by atoms with van der Waals surface area (Å²) in [6.45, 7) is 6.71. The first-order valence-electron chi connectivity index (χ1n) is 14.7. The highest BCUT2D eigenvalue weighted by molar-refractivity contribution is 5.95. The van der Waals surface area contributed by atoms with Gasteiger partial charge in [0.25, 0.3) is 11.5 Å². The summed E-state index contributed by atoms with van der Waals surface area (Å²) in [4.78, 5) is 30.1. The Morgan fingerprint density at radius 3 is 2.00 bits per heavy atom. The number of halogens is 3. The molecule has 3 aromatic rings. The van der Waals surface area contributed by atoms with Crippen LogP contribution < -0.4 is 0 Å². The minimum absolute atomic E-state index is 0.0555. The van der Waals surface area contributed by atoms with Crippen LogP contribution in [-0.4, -0.2) is 66.9 Å². The molecule has 230 valence electrons. The molecule has 6 nitrogen and oxygen atoms in total. The molecule has 2 aliphatic heterocycles. The predicted molar refractivity (Wildman–Crippen MR) is 159 cm³/mol. The van der Waals surface area contributed by atoms with Crippen molar-refractivity contribution in [2.45, 2.75) is 63.3 Å². The lowest BCUT2D eigenvalue weighted by Gasteiger charge is -2.52. The van der Waals surface area contributed by atoms with Crippen LogP contribution in [0.2, 0.25) is 0 Å². The number of fused-ring (bicyclic) bond motifs is 1. The van der Waals surface area contributed by atoms with Crippen molar-refractivity contribution in [3.05, 3.63) is 83.9 Å². The predicted octanol–water partition coefficient (Wildman–Crippen LogP) is 7.28. The van der Waals surface area contributed by atoms with E-state index in [9.17, 15) is 9.59 Å². The molecule has 0 N–H and O–H groups in total. The summed E-state index contributed by atoms with van der Waals surface area (Å²) in [5.74, 6) is -1.16. The molecule has 0 radical (unpaired) electrons. The topological polar surface area (TPSA) is 59.1 Å². The standard InChI is InChI=1S/C34H39F3N2O4/c1-31(2,3)43-30(41)39-22-19-32(28(23-39)25-12-6-5-7-13-25)17-20-38(21-18-32)29(40)33(42-4,34(35,36)37)27-16-10-14-24-11-8-9-15-26(24)27/h5-16,28H,17-23H2,1-4H3. The van der Waals surface area contributed by atoms with E-state index in [-0.39, 0.29) is 36.1 Å². The van der Waals surface area contributed by atoms with Crippen LogP contribution in [0.25, 0.3) is 10.8 Å². The number of hydrogen-bond donors (Lipinski definition) is 0. The van der Waals surface area contributed by atoms with Gasteiger partial charge in [-0.05, 0) is 61.8 Å². The Balaban J connectivity index is 1.44. The molecule has 0 bridgehead atoms. The van der Waals surface area contributed by atoms with Gasteiger partial charge in [-0.3, -0.25) is 4.79 Å². The minimum Gasteiger partial charge on any atom is -0.444 e. The number of ether oxygens (including phenoxy) is 2. The van der Waals surface area contributed by atoms with Crippen molar-refractivity contribution in [3.8, 4) is 0 Å². The highest BCUT2D eigenvalue weighted by Crippen LogP contribution is 2.52. The molecule has 0 aromatic heterocycles. The third-order valence-corrected chi connectivity index (χ3v) is 9.10. The summed E-state index contributed by atoms with van der Waals surface area (Å²) < 4.78 is 56.0. The molecule has 2 unspecified atom stereocenters. The molecular weight excluding hydrogens is 557 g/mol. The van der Waals surface area contributed by atoms with E-state index < -0.39 is 23.3 Å². The minimum atomic E-state index is -5.00. The fourth-order valence-corrected chi connectivity index (χ4v) is 6.88. The normalized spacial score (nSPS) is 20.6. The van der Waals surface area contributed by atoms with E-state index in [4.69, 9.17) is 9.47 Å². The Bertz CT molecular complexity index is 1460. The molecule has 2 fully saturated rings. The second-order valence-corrected chi connectivity index (χ2v) is 12.7. The molecule has 5 rings (SSSR count). The lowest BCUT2D eigenvalue weighted by atomic mass is 9.62. The number of rotatable bonds is 4. The summed E-state index contributed by atoms with van der Waals surface area (Å²) in [5, 5.41) is 0.920. The monoisotopic (exact) mass is 596 g/mol. The first-order valence-corrected chi connectivity index (χ1v) is 14.7. The van der Waals surface area contributed by atoms with Crippen LogP contribution in [0, 0.1) is 5.41 Å². The smallest absolute Gasteiger partial charge is 0.431 e. The van der Waals surface area contributed by atoms with Gasteiger partial charge >= 0.3 is 12.3 Å². The molecule has 0 aliphatic carbocycles. The largest absolute Gasteiger partial charge is 0.444 e. The molecule has 1 spiro atoms. The zero-order valence-electron chi connectivity index (χ0n) is 25.1. The van der Waals surface area contributed by atoms with Gasteiger partial charge in [-0.15, -0.1) is 0 Å². The van der Waals surface area contributed by atoms with Gasteiger partial charge < -0.3 is 19.3 Å². The van der Waals surface area contributed by atoms with Crippen molar-refractivity contribution in [1.82, 2.24) is 9.80 Å². The number of carbonyl (C=O) groups is 2. The van der Waals surface area contributed by atoms with Crippen molar-refractivity contribution in [2.24, 2.45) is 5.41 Å². The van der Waals surface area contributed by atoms with Gasteiger partial charge in [-0.2, -0.15) is 13.2 Å². The molecule has 2 amide bonds. The maximum atomic E-state index is 15.0. The summed E-state index contributed by atoms with van der Waals surface area (Å²) in [6.07, 6.45) is -3.70. The molecule has 2 saturated heterocycles. The lowest BCUT2D eigenvalue weighted by molar-refractivity contribution is -0.270. The van der Waals surface area contributed by atoms with Gasteiger partial charge in [0.15, 0.2) is 0 Å². The number of likely N-dealkylation sites (tertiary alicyclic amines) is 2. The van der Waals surface area contributed by atoms with Gasteiger partial charge in [0.1, 0.15) is 5.60 Å². The van der Waals surface area contributed by atoms with Crippen LogP contribution in [0.5, 0.6) is 0 Å². The number of nitrogens with zero attached hydrogens (tertiary/aromatic N) is 2. The summed E-state index contributed by atoms with van der Waals surface area (Å²) >= 11 is 0. The Hall–Kier alpha value is -3.59. The lowest BCUT2D eigenvalue weighted by Crippen LogP contribution is -2.60. The maximum absolute atomic E-state index is 15.0. The molecule has 9 heteroatoms. The van der Waals surface area contributed by atoms with Crippen molar-refractivity contribution in [3.63, 3.8) is 0 Å². The van der Waals surface area contributed by atoms with Crippen LogP contribution in [0.4, 0.5) is 18.0 Å². The molecule has 2 heterocycles. The van der Waals surface area contributed by atoms with E-state index in [0.717, 1.165) is 12.7 Å². The van der Waals surface area contributed by atoms with E-state index in [2.05, 4.69) is 0 Å². The van der Waals surface area contributed by atoms with Crippen LogP contribution in [0.1, 0.15) is 57.1 Å². The fraction of sp³-hybridized carbons (Fsp3) is 0.471. The number of methoxy groups -OCH3 is 1. The van der Waals surface area contributed by atoms with E-state index in [0.29, 0.717) is 43.1 Å². The van der Waals surface area contributed by atoms with Gasteiger partial charge in [0.2, 0.25) is 0 Å². The van der Waals surface area contributed by atoms with E-state index in [1.165, 1.54) is 17.0 Å². The number of hydrogen-bond acceptors (Lipinski definition) is 4. The third-order valence-electron chi connectivity index (χ3n) is 9.10. The highest BCUT2D eigenvalue weighted by Gasteiger charge is 2.65. The van der Waals surface area contributed by atoms with E-state index in [1.807, 2.05) is 51.1 Å². The maximum Gasteiger partial charge on any atom is 0.431 e. The average Bonchev–Trinajstić information content (AvgIpc) is 2.97. The van der Waals surface area contributed by atoms with Crippen molar-refractivity contribution >= 4 is 22.8 Å². The quantitative estimate of drug-likeness (QED) is 0.318. The van der Waals surface area contributed by atoms with Crippen LogP contribution >= 0.6 is 0 Å². The van der Waals surface area contributed by atoms with Crippen LogP contribution in [-0.2, 0) is 19.9 Å². The fourth-order valence-electron chi connectivity index (χ4n) is 6.88. The molecule has 2 aliphatic rings. The van der Waals surface area contributed by atoms with Gasteiger partial charge in [-0.25, -0.2) is 4.79 Å².